The van der Waals surface area contributed by atoms with Crippen LogP contribution in [-0.4, -0.2) is 66.2 Å². The van der Waals surface area contributed by atoms with Gasteiger partial charge in [-0.25, -0.2) is 13.4 Å². The Bertz CT molecular complexity index is 1480. The minimum Gasteiger partial charge on any atom is -0.416 e. The summed E-state index contributed by atoms with van der Waals surface area (Å²) >= 11 is 0. The van der Waals surface area contributed by atoms with Gasteiger partial charge < -0.3 is 19.3 Å². The molecule has 3 aromatic rings. The summed E-state index contributed by atoms with van der Waals surface area (Å²) < 4.78 is 34.4. The monoisotopic (exact) mass is 564 g/mol. The van der Waals surface area contributed by atoms with E-state index in [1.54, 1.807) is 12.3 Å². The fourth-order valence-electron chi connectivity index (χ4n) is 6.58. The van der Waals surface area contributed by atoms with Gasteiger partial charge in [-0.1, -0.05) is 0 Å². The average Bonchev–Trinajstić information content (AvgIpc) is 3.72. The maximum Gasteiger partial charge on any atom is 0.250 e. The van der Waals surface area contributed by atoms with Gasteiger partial charge in [0.2, 0.25) is 21.8 Å². The maximum absolute atomic E-state index is 12.7. The number of aromatic nitrogens is 3. The van der Waals surface area contributed by atoms with Crippen LogP contribution in [0.4, 0.5) is 17.2 Å². The number of hydrogen-bond donors (Lipinski definition) is 2. The van der Waals surface area contributed by atoms with Gasteiger partial charge in [-0.05, 0) is 93.5 Å². The number of rotatable bonds is 3. The zero-order chi connectivity index (χ0) is 27.3. The second kappa shape index (κ2) is 10.3. The molecule has 212 valence electrons. The van der Waals surface area contributed by atoms with Crippen LogP contribution < -0.4 is 14.5 Å². The molecule has 4 aliphatic heterocycles. The molecule has 2 unspecified atom stereocenters. The lowest BCUT2D eigenvalue weighted by molar-refractivity contribution is 0.104. The van der Waals surface area contributed by atoms with Crippen molar-refractivity contribution >= 4 is 27.2 Å². The third-order valence-electron chi connectivity index (χ3n) is 8.88. The molecule has 1 aliphatic carbocycles. The van der Waals surface area contributed by atoms with Gasteiger partial charge in [0, 0.05) is 37.9 Å². The number of fused-ring (bicyclic) bond motifs is 4. The minimum absolute atomic E-state index is 0.302. The first-order valence-corrected chi connectivity index (χ1v) is 16.1. The Balaban J connectivity index is 1.27. The van der Waals surface area contributed by atoms with Gasteiger partial charge in [-0.2, -0.15) is 0 Å². The second-order valence-corrected chi connectivity index (χ2v) is 13.9. The van der Waals surface area contributed by atoms with E-state index < -0.39 is 10.0 Å². The first kappa shape index (κ1) is 25.8. The number of sulfonamides is 1. The summed E-state index contributed by atoms with van der Waals surface area (Å²) in [4.78, 5) is 9.23. The molecule has 3 fully saturated rings. The van der Waals surface area contributed by atoms with Crippen LogP contribution >= 0.6 is 0 Å². The van der Waals surface area contributed by atoms with E-state index in [0.29, 0.717) is 42.1 Å². The molecular weight excluding hydrogens is 528 g/mol. The van der Waals surface area contributed by atoms with Crippen molar-refractivity contribution < 1.29 is 17.9 Å². The van der Waals surface area contributed by atoms with E-state index in [-0.39, 0.29) is 11.4 Å². The highest BCUT2D eigenvalue weighted by atomic mass is 32.2. The van der Waals surface area contributed by atoms with Gasteiger partial charge in [0.25, 0.3) is 0 Å². The normalized spacial score (nSPS) is 25.2. The third kappa shape index (κ3) is 5.28. The highest BCUT2D eigenvalue weighted by Crippen LogP contribution is 2.39. The standard InChI is InChI=1S/C29H36N6O4S/c36-23-14-19-8-12-34(13-9-19)26-17-22(33-40(37,38)24-4-5-24)3-6-25(26)29-32-31-28(39-29)21-7-10-30-27(16-21)35-11-1-2-20(15-23)18-35/h3,6-7,10,16-17,19-20,23-24,33,36H,1-2,4-5,8-9,11-15,18H2. The van der Waals surface area contributed by atoms with Crippen molar-refractivity contribution in [3.05, 3.63) is 36.5 Å². The van der Waals surface area contributed by atoms with Crippen molar-refractivity contribution in [1.82, 2.24) is 15.2 Å². The molecule has 11 heteroatoms. The summed E-state index contributed by atoms with van der Waals surface area (Å²) in [7, 11) is -3.39. The van der Waals surface area contributed by atoms with Crippen LogP contribution in [-0.2, 0) is 10.0 Å². The van der Waals surface area contributed by atoms with Gasteiger partial charge in [0.15, 0.2) is 0 Å². The minimum atomic E-state index is -3.39. The molecule has 0 amide bonds. The van der Waals surface area contributed by atoms with Gasteiger partial charge in [-0.3, -0.25) is 4.72 Å². The van der Waals surface area contributed by atoms with Crippen LogP contribution in [0, 0.1) is 11.8 Å². The van der Waals surface area contributed by atoms with Crippen LogP contribution in [0.15, 0.2) is 40.9 Å². The lowest BCUT2D eigenvalue weighted by Gasteiger charge is -2.37. The van der Waals surface area contributed by atoms with E-state index >= 15 is 0 Å². The number of nitrogens with zero attached hydrogens (tertiary/aromatic N) is 5. The lowest BCUT2D eigenvalue weighted by Crippen LogP contribution is -2.38. The molecular formula is C29H36N6O4S. The van der Waals surface area contributed by atoms with E-state index in [0.717, 1.165) is 87.3 Å². The molecule has 1 aromatic carbocycles. The molecule has 2 N–H and O–H groups in total. The maximum atomic E-state index is 12.7. The Morgan fingerprint density at radius 2 is 1.70 bits per heavy atom. The Labute approximate surface area is 234 Å². The number of hydrogen-bond acceptors (Lipinski definition) is 9. The molecule has 2 atom stereocenters. The molecule has 2 saturated heterocycles. The number of aliphatic hydroxyl groups is 1. The van der Waals surface area contributed by atoms with Crippen LogP contribution in [0.25, 0.3) is 22.9 Å². The predicted molar refractivity (Wildman–Crippen MR) is 154 cm³/mol. The zero-order valence-electron chi connectivity index (χ0n) is 22.6. The van der Waals surface area contributed by atoms with Crippen molar-refractivity contribution in [2.24, 2.45) is 11.8 Å². The van der Waals surface area contributed by atoms with E-state index in [2.05, 4.69) is 29.7 Å². The third-order valence-corrected chi connectivity index (χ3v) is 10.7. The van der Waals surface area contributed by atoms with Crippen molar-refractivity contribution in [3.63, 3.8) is 0 Å². The molecule has 2 aromatic heterocycles. The summed E-state index contributed by atoms with van der Waals surface area (Å²) in [6.07, 6.45) is 8.68. The van der Waals surface area contributed by atoms with Crippen molar-refractivity contribution in [2.45, 2.75) is 62.7 Å². The zero-order valence-corrected chi connectivity index (χ0v) is 23.4. The van der Waals surface area contributed by atoms with Crippen LogP contribution in [0.2, 0.25) is 0 Å². The topological polar surface area (TPSA) is 125 Å². The van der Waals surface area contributed by atoms with Crippen molar-refractivity contribution in [2.75, 3.05) is 40.7 Å². The summed E-state index contributed by atoms with van der Waals surface area (Å²) in [5, 5.41) is 19.5. The summed E-state index contributed by atoms with van der Waals surface area (Å²) in [6, 6.07) is 9.42. The first-order valence-electron chi connectivity index (χ1n) is 14.6. The molecule has 8 rings (SSSR count). The van der Waals surface area contributed by atoms with Crippen LogP contribution in [0.3, 0.4) is 0 Å². The summed E-state index contributed by atoms with van der Waals surface area (Å²) in [6.45, 7) is 3.46. The van der Waals surface area contributed by atoms with E-state index in [1.165, 1.54) is 0 Å². The molecule has 0 radical (unpaired) electrons. The second-order valence-electron chi connectivity index (χ2n) is 11.9. The van der Waals surface area contributed by atoms with E-state index in [4.69, 9.17) is 4.42 Å². The molecule has 8 bridgehead atoms. The Morgan fingerprint density at radius 3 is 2.52 bits per heavy atom. The highest BCUT2D eigenvalue weighted by molar-refractivity contribution is 7.93. The fraction of sp³-hybridized carbons (Fsp3) is 0.552. The lowest BCUT2D eigenvalue weighted by atomic mass is 9.85. The van der Waals surface area contributed by atoms with Crippen LogP contribution in [0.1, 0.15) is 51.4 Å². The molecule has 5 aliphatic rings. The smallest absolute Gasteiger partial charge is 0.250 e. The SMILES string of the molecule is O=S(=O)(Nc1ccc2c(c1)N1CCC(CC1)CC(O)CC1CCCN(C1)c1cc(ccn1)-c1nnc-2o1)C1CC1. The Kier molecular flexibility index (Phi) is 6.66. The van der Waals surface area contributed by atoms with Gasteiger partial charge in [0.05, 0.1) is 28.3 Å². The first-order chi connectivity index (χ1) is 19.4. The Hall–Kier alpha value is -3.18. The summed E-state index contributed by atoms with van der Waals surface area (Å²) in [5.41, 5.74) is 3.01. The number of nitrogens with one attached hydrogen (secondary N) is 1. The largest absolute Gasteiger partial charge is 0.416 e. The van der Waals surface area contributed by atoms with Crippen molar-refractivity contribution in [1.29, 1.82) is 0 Å². The number of aliphatic hydroxyl groups excluding tert-OH is 1. The number of piperidine rings is 2. The van der Waals surface area contributed by atoms with Crippen LogP contribution in [0.5, 0.6) is 0 Å². The number of anilines is 3. The highest BCUT2D eigenvalue weighted by Gasteiger charge is 2.36. The van der Waals surface area contributed by atoms with E-state index in [1.807, 2.05) is 24.3 Å². The van der Waals surface area contributed by atoms with Gasteiger partial charge >= 0.3 is 0 Å². The molecule has 1 saturated carbocycles. The summed E-state index contributed by atoms with van der Waals surface area (Å²) in [5.74, 6) is 2.60. The number of benzene rings is 1. The predicted octanol–water partition coefficient (Wildman–Crippen LogP) is 4.29. The Morgan fingerprint density at radius 1 is 0.900 bits per heavy atom. The van der Waals surface area contributed by atoms with Crippen molar-refractivity contribution in [3.8, 4) is 22.9 Å². The molecule has 40 heavy (non-hydrogen) atoms. The fourth-order valence-corrected chi connectivity index (χ4v) is 7.96. The molecule has 0 spiro atoms. The average molecular weight is 565 g/mol. The van der Waals surface area contributed by atoms with Gasteiger partial charge in [0.1, 0.15) is 5.82 Å². The van der Waals surface area contributed by atoms with Gasteiger partial charge in [-0.15, -0.1) is 10.2 Å². The number of pyridine rings is 1. The molecule has 6 heterocycles. The van der Waals surface area contributed by atoms with E-state index in [9.17, 15) is 13.5 Å². The quantitative estimate of drug-likeness (QED) is 0.479. The molecule has 10 nitrogen and oxygen atoms in total.